The van der Waals surface area contributed by atoms with Crippen LogP contribution in [0.15, 0.2) is 21.1 Å². The molecule has 18 heavy (non-hydrogen) atoms. The Kier molecular flexibility index (Phi) is 3.34. The Morgan fingerprint density at radius 1 is 1.50 bits per heavy atom. The monoisotopic (exact) mass is 306 g/mol. The largest absolute Gasteiger partial charge is 0.324 e. The molecule has 0 saturated carbocycles. The molecule has 0 fully saturated rings. The molecular formula is C8H8N3O4S3. The third-order valence-corrected chi connectivity index (χ3v) is 5.11. The van der Waals surface area contributed by atoms with Gasteiger partial charge < -0.3 is 0 Å². The summed E-state index contributed by atoms with van der Waals surface area (Å²) in [6.45, 7) is 1.59. The second-order valence-electron chi connectivity index (χ2n) is 3.48. The molecule has 0 amide bonds. The molecule has 0 unspecified atom stereocenters. The van der Waals surface area contributed by atoms with E-state index in [0.717, 1.165) is 29.4 Å². The molecule has 0 saturated heterocycles. The van der Waals surface area contributed by atoms with Crippen LogP contribution < -0.4 is 4.90 Å². The highest BCUT2D eigenvalue weighted by atomic mass is 32.2. The Labute approximate surface area is 112 Å². The number of nitro groups is 1. The lowest BCUT2D eigenvalue weighted by Gasteiger charge is -2.12. The van der Waals surface area contributed by atoms with Gasteiger partial charge in [-0.2, -0.15) is 0 Å². The van der Waals surface area contributed by atoms with Gasteiger partial charge in [0.25, 0.3) is 0 Å². The summed E-state index contributed by atoms with van der Waals surface area (Å²) in [7, 11) is -3.36. The molecule has 0 spiro atoms. The third kappa shape index (κ3) is 2.35. The van der Waals surface area contributed by atoms with Gasteiger partial charge in [-0.3, -0.25) is 15.0 Å². The van der Waals surface area contributed by atoms with Crippen LogP contribution in [-0.2, 0) is 9.84 Å². The van der Waals surface area contributed by atoms with Crippen LogP contribution in [0.25, 0.3) is 0 Å². The van der Waals surface area contributed by atoms with E-state index in [1.54, 1.807) is 12.8 Å². The molecule has 7 nitrogen and oxygen atoms in total. The molecule has 2 rings (SSSR count). The zero-order valence-electron chi connectivity index (χ0n) is 9.35. The Morgan fingerprint density at radius 3 is 2.61 bits per heavy atom. The van der Waals surface area contributed by atoms with E-state index in [1.165, 1.54) is 10.3 Å². The molecule has 2 heterocycles. The molecule has 1 aliphatic rings. The Bertz CT molecular complexity index is 634. The maximum atomic E-state index is 11.3. The average Bonchev–Trinajstić information content (AvgIpc) is 2.81. The molecule has 1 radical (unpaired) electrons. The fourth-order valence-corrected chi connectivity index (χ4v) is 4.02. The fourth-order valence-electron chi connectivity index (χ4n) is 1.26. The molecule has 1 aliphatic heterocycles. The predicted molar refractivity (Wildman–Crippen MR) is 69.3 cm³/mol. The van der Waals surface area contributed by atoms with Crippen LogP contribution in [0, 0.1) is 16.0 Å². The van der Waals surface area contributed by atoms with Crippen LogP contribution >= 0.6 is 23.1 Å². The summed E-state index contributed by atoms with van der Waals surface area (Å²) < 4.78 is 22.6. The lowest BCUT2D eigenvalue weighted by atomic mass is 10.5. The van der Waals surface area contributed by atoms with Crippen LogP contribution in [0.2, 0.25) is 0 Å². The van der Waals surface area contributed by atoms with Crippen LogP contribution in [0.1, 0.15) is 6.92 Å². The molecule has 0 N–H and O–H groups in total. The SMILES string of the molecule is CC1=C([N+](=O)[O-])S[CH]N1c1nc(S(C)(=O)=O)cs1. The summed E-state index contributed by atoms with van der Waals surface area (Å²) in [6, 6.07) is 0. The van der Waals surface area contributed by atoms with E-state index in [-0.39, 0.29) is 10.1 Å². The van der Waals surface area contributed by atoms with E-state index in [2.05, 4.69) is 4.98 Å². The lowest BCUT2D eigenvalue weighted by molar-refractivity contribution is -0.411. The van der Waals surface area contributed by atoms with Crippen LogP contribution in [-0.4, -0.2) is 24.6 Å². The van der Waals surface area contributed by atoms with Gasteiger partial charge in [-0.25, -0.2) is 13.4 Å². The normalized spacial score (nSPS) is 16.4. The highest BCUT2D eigenvalue weighted by molar-refractivity contribution is 8.05. The standard InChI is InChI=1S/C8H8N3O4S3/c1-5-7(11(12)13)17-4-10(5)8-9-6(3-16-8)18(2,14)15/h3-4H,1-2H3. The van der Waals surface area contributed by atoms with Gasteiger partial charge in [0.05, 0.1) is 4.92 Å². The number of thioether (sulfide) groups is 1. The lowest BCUT2D eigenvalue weighted by Crippen LogP contribution is -2.13. The third-order valence-electron chi connectivity index (χ3n) is 2.16. The summed E-state index contributed by atoms with van der Waals surface area (Å²) in [5.74, 6) is 1.54. The summed E-state index contributed by atoms with van der Waals surface area (Å²) in [4.78, 5) is 15.7. The number of aromatic nitrogens is 1. The number of sulfone groups is 1. The van der Waals surface area contributed by atoms with E-state index >= 15 is 0 Å². The number of hydrogen-bond acceptors (Lipinski definition) is 8. The zero-order chi connectivity index (χ0) is 13.5. The summed E-state index contributed by atoms with van der Waals surface area (Å²) >= 11 is 2.10. The van der Waals surface area contributed by atoms with Crippen molar-refractivity contribution in [2.75, 3.05) is 11.2 Å². The first-order chi connectivity index (χ1) is 8.30. The summed E-state index contributed by atoms with van der Waals surface area (Å²) in [5, 5.41) is 12.5. The van der Waals surface area contributed by atoms with E-state index in [9.17, 15) is 18.5 Å². The van der Waals surface area contributed by atoms with Crippen molar-refractivity contribution in [2.45, 2.75) is 11.9 Å². The van der Waals surface area contributed by atoms with Crippen molar-refractivity contribution in [3.63, 3.8) is 0 Å². The molecule has 0 atom stereocenters. The summed E-state index contributed by atoms with van der Waals surface area (Å²) in [5.41, 5.74) is 0.430. The van der Waals surface area contributed by atoms with Crippen molar-refractivity contribution in [3.05, 3.63) is 32.1 Å². The first-order valence-electron chi connectivity index (χ1n) is 4.61. The van der Waals surface area contributed by atoms with Crippen LogP contribution in [0.3, 0.4) is 0 Å². The number of rotatable bonds is 3. The van der Waals surface area contributed by atoms with E-state index in [1.807, 2.05) is 0 Å². The van der Waals surface area contributed by atoms with Gasteiger partial charge in [0.1, 0.15) is 11.6 Å². The number of nitrogens with zero attached hydrogens (tertiary/aromatic N) is 3. The molecule has 1 aromatic heterocycles. The average molecular weight is 306 g/mol. The minimum Gasteiger partial charge on any atom is -0.299 e. The van der Waals surface area contributed by atoms with Crippen molar-refractivity contribution in [1.29, 1.82) is 0 Å². The van der Waals surface area contributed by atoms with Crippen molar-refractivity contribution < 1.29 is 13.3 Å². The van der Waals surface area contributed by atoms with Crippen molar-refractivity contribution in [2.24, 2.45) is 0 Å². The fraction of sp³-hybridized carbons (Fsp3) is 0.250. The molecular weight excluding hydrogens is 298 g/mol. The van der Waals surface area contributed by atoms with Gasteiger partial charge in [0.15, 0.2) is 20.0 Å². The molecule has 1 aromatic rings. The van der Waals surface area contributed by atoms with Gasteiger partial charge in [-0.05, 0) is 18.7 Å². The van der Waals surface area contributed by atoms with Crippen molar-refractivity contribution in [3.8, 4) is 0 Å². The first-order valence-corrected chi connectivity index (χ1v) is 8.26. The number of anilines is 1. The number of hydrogen-bond donors (Lipinski definition) is 0. The molecule has 10 heteroatoms. The van der Waals surface area contributed by atoms with E-state index in [4.69, 9.17) is 0 Å². The summed E-state index contributed by atoms with van der Waals surface area (Å²) in [6.07, 6.45) is 1.07. The molecule has 0 aliphatic carbocycles. The van der Waals surface area contributed by atoms with E-state index in [0.29, 0.717) is 10.8 Å². The van der Waals surface area contributed by atoms with Gasteiger partial charge in [0.2, 0.25) is 0 Å². The van der Waals surface area contributed by atoms with Gasteiger partial charge in [-0.15, -0.1) is 11.3 Å². The maximum Gasteiger partial charge on any atom is 0.324 e. The molecule has 0 aromatic carbocycles. The predicted octanol–water partition coefficient (Wildman–Crippen LogP) is 1.68. The van der Waals surface area contributed by atoms with Gasteiger partial charge in [0, 0.05) is 11.6 Å². The first kappa shape index (κ1) is 13.3. The highest BCUT2D eigenvalue weighted by Gasteiger charge is 2.32. The molecule has 97 valence electrons. The second-order valence-corrected chi connectivity index (χ2v) is 7.11. The Balaban J connectivity index is 2.35. The zero-order valence-corrected chi connectivity index (χ0v) is 11.8. The smallest absolute Gasteiger partial charge is 0.299 e. The van der Waals surface area contributed by atoms with E-state index < -0.39 is 14.8 Å². The quantitative estimate of drug-likeness (QED) is 0.619. The molecule has 0 bridgehead atoms. The second kappa shape index (κ2) is 4.52. The Morgan fingerprint density at radius 2 is 2.17 bits per heavy atom. The maximum absolute atomic E-state index is 11.3. The van der Waals surface area contributed by atoms with Gasteiger partial charge in [-0.1, -0.05) is 0 Å². The topological polar surface area (TPSA) is 93.4 Å². The minimum absolute atomic E-state index is 0.0195. The minimum atomic E-state index is -3.36. The van der Waals surface area contributed by atoms with Gasteiger partial charge >= 0.3 is 5.03 Å². The number of thiazole rings is 1. The highest BCUT2D eigenvalue weighted by Crippen LogP contribution is 2.40. The number of allylic oxidation sites excluding steroid dienone is 1. The van der Waals surface area contributed by atoms with Crippen LogP contribution in [0.5, 0.6) is 0 Å². The Hall–Kier alpha value is -1.13. The van der Waals surface area contributed by atoms with Crippen LogP contribution in [0.4, 0.5) is 5.13 Å². The van der Waals surface area contributed by atoms with Crippen molar-refractivity contribution >= 4 is 38.1 Å². The van der Waals surface area contributed by atoms with Crippen molar-refractivity contribution in [1.82, 2.24) is 4.98 Å².